The van der Waals surface area contributed by atoms with Crippen molar-refractivity contribution >= 4 is 58.7 Å². The van der Waals surface area contributed by atoms with Gasteiger partial charge in [-0.3, -0.25) is 19.4 Å². The van der Waals surface area contributed by atoms with Gasteiger partial charge in [0.05, 0.1) is 0 Å². The van der Waals surface area contributed by atoms with Crippen molar-refractivity contribution in [1.29, 1.82) is 0 Å². The number of nitrogens with one attached hydrogen (secondary N) is 3. The Morgan fingerprint density at radius 3 is 2.38 bits per heavy atom. The first kappa shape index (κ1) is 33.9. The molecule has 224 valence electrons. The number of alkyl halides is 3. The Morgan fingerprint density at radius 2 is 1.80 bits per heavy atom. The number of hydrogen-bond donors (Lipinski definition) is 3. The molecule has 3 amide bonds. The van der Waals surface area contributed by atoms with Gasteiger partial charge in [-0.2, -0.15) is 0 Å². The molecule has 1 aromatic rings. The van der Waals surface area contributed by atoms with Crippen LogP contribution in [-0.2, 0) is 30.3 Å². The van der Waals surface area contributed by atoms with Crippen molar-refractivity contribution in [3.63, 3.8) is 0 Å². The van der Waals surface area contributed by atoms with E-state index in [0.29, 0.717) is 19.4 Å². The number of nitrogens with zero attached hydrogens (tertiary/aromatic N) is 1. The molecule has 0 saturated carbocycles. The van der Waals surface area contributed by atoms with E-state index >= 15 is 0 Å². The van der Waals surface area contributed by atoms with Crippen LogP contribution in [0.2, 0.25) is 0 Å². The number of ether oxygens (including phenoxy) is 2. The summed E-state index contributed by atoms with van der Waals surface area (Å²) in [7, 11) is 0. The van der Waals surface area contributed by atoms with Crippen LogP contribution >= 0.6 is 34.8 Å². The topological polar surface area (TPSA) is 126 Å². The molecule has 0 aliphatic carbocycles. The van der Waals surface area contributed by atoms with Crippen molar-refractivity contribution < 1.29 is 28.7 Å². The first-order chi connectivity index (χ1) is 18.4. The number of rotatable bonds is 9. The molecule has 1 heterocycles. The molecule has 1 aromatic carbocycles. The summed E-state index contributed by atoms with van der Waals surface area (Å²) < 4.78 is 8.64. The molecule has 0 unspecified atom stereocenters. The number of amides is 3. The average molecular weight is 622 g/mol. The van der Waals surface area contributed by atoms with Crippen molar-refractivity contribution in [2.24, 2.45) is 5.92 Å². The van der Waals surface area contributed by atoms with Crippen LogP contribution in [0, 0.1) is 12.8 Å². The lowest BCUT2D eigenvalue weighted by Crippen LogP contribution is -2.62. The van der Waals surface area contributed by atoms with E-state index in [1.54, 1.807) is 34.6 Å². The van der Waals surface area contributed by atoms with Gasteiger partial charge >= 0.3 is 12.1 Å². The van der Waals surface area contributed by atoms with E-state index in [1.807, 2.05) is 31.2 Å². The SMILES string of the molecule is Cc1cccc(C[C@H](NC(=O)[C@@H](NC(=O)OC(C)(C)C)C(C)C)C(=O)N2CCC[C@@H](C(=O)OCC(Cl)(Cl)Cl)N2)c1. The number of carbonyl (C=O) groups is 4. The maximum atomic E-state index is 13.7. The van der Waals surface area contributed by atoms with E-state index in [9.17, 15) is 19.2 Å². The van der Waals surface area contributed by atoms with Gasteiger partial charge in [0.25, 0.3) is 5.91 Å². The standard InChI is InChI=1S/C27H39Cl3N4O6/c1-16(2)21(32-25(38)40-26(4,5)6)22(35)31-20(14-18-10-7-9-17(3)13-18)23(36)34-12-8-11-19(33-34)24(37)39-15-27(28,29)30/h7,9-10,13,16,19-21,33H,8,11-12,14-15H2,1-6H3,(H,31,35)(H,32,38)/t19-,20-,21-/m0/s1. The fourth-order valence-electron chi connectivity index (χ4n) is 4.06. The minimum Gasteiger partial charge on any atom is -0.460 e. The van der Waals surface area contributed by atoms with Gasteiger partial charge in [0.2, 0.25) is 9.70 Å². The monoisotopic (exact) mass is 620 g/mol. The minimum absolute atomic E-state index is 0.185. The molecule has 2 rings (SSSR count). The van der Waals surface area contributed by atoms with Gasteiger partial charge in [-0.25, -0.2) is 10.2 Å². The molecule has 13 heteroatoms. The minimum atomic E-state index is -1.76. The molecular formula is C27H39Cl3N4O6. The first-order valence-electron chi connectivity index (χ1n) is 13.1. The molecule has 1 aliphatic rings. The first-order valence-corrected chi connectivity index (χ1v) is 14.2. The molecule has 0 aromatic heterocycles. The highest BCUT2D eigenvalue weighted by molar-refractivity contribution is 6.67. The van der Waals surface area contributed by atoms with Gasteiger partial charge < -0.3 is 20.1 Å². The number of alkyl carbamates (subject to hydrolysis) is 1. The van der Waals surface area contributed by atoms with Crippen molar-refractivity contribution in [2.45, 2.75) is 88.3 Å². The second kappa shape index (κ2) is 14.6. The molecule has 1 fully saturated rings. The molecule has 3 N–H and O–H groups in total. The summed E-state index contributed by atoms with van der Waals surface area (Å²) in [6.45, 7) is 10.5. The molecule has 0 spiro atoms. The lowest BCUT2D eigenvalue weighted by molar-refractivity contribution is -0.153. The summed E-state index contributed by atoms with van der Waals surface area (Å²) in [4.78, 5) is 52.1. The maximum Gasteiger partial charge on any atom is 0.408 e. The lowest BCUT2D eigenvalue weighted by Gasteiger charge is -2.35. The Balaban J connectivity index is 2.23. The number of hydrogen-bond acceptors (Lipinski definition) is 7. The number of aryl methyl sites for hydroxylation is 1. The van der Waals surface area contributed by atoms with Crippen LogP contribution in [0.25, 0.3) is 0 Å². The van der Waals surface area contributed by atoms with Crippen LogP contribution in [0.15, 0.2) is 24.3 Å². The van der Waals surface area contributed by atoms with Crippen LogP contribution in [0.1, 0.15) is 58.6 Å². The highest BCUT2D eigenvalue weighted by Gasteiger charge is 2.36. The second-order valence-corrected chi connectivity index (χ2v) is 13.7. The van der Waals surface area contributed by atoms with Crippen LogP contribution < -0.4 is 16.1 Å². The maximum absolute atomic E-state index is 13.7. The summed E-state index contributed by atoms with van der Waals surface area (Å²) in [5.74, 6) is -1.95. The average Bonchev–Trinajstić information content (AvgIpc) is 2.83. The van der Waals surface area contributed by atoms with Gasteiger partial charge in [0.1, 0.15) is 30.3 Å². The van der Waals surface area contributed by atoms with Crippen molar-refractivity contribution in [1.82, 2.24) is 21.1 Å². The Morgan fingerprint density at radius 1 is 1.12 bits per heavy atom. The zero-order chi connectivity index (χ0) is 30.3. The highest BCUT2D eigenvalue weighted by atomic mass is 35.6. The largest absolute Gasteiger partial charge is 0.460 e. The summed E-state index contributed by atoms with van der Waals surface area (Å²) in [6, 6.07) is 4.78. The van der Waals surface area contributed by atoms with Gasteiger partial charge in [-0.1, -0.05) is 78.5 Å². The van der Waals surface area contributed by atoms with Crippen LogP contribution in [0.3, 0.4) is 0 Å². The normalized spacial score (nSPS) is 17.6. The van der Waals surface area contributed by atoms with Gasteiger partial charge in [-0.05, 0) is 52.0 Å². The van der Waals surface area contributed by atoms with Gasteiger partial charge in [0.15, 0.2) is 0 Å². The number of esters is 1. The van der Waals surface area contributed by atoms with Crippen molar-refractivity contribution in [2.75, 3.05) is 13.2 Å². The Bertz CT molecular complexity index is 1060. The van der Waals surface area contributed by atoms with E-state index in [0.717, 1.165) is 11.1 Å². The number of benzene rings is 1. The van der Waals surface area contributed by atoms with E-state index in [1.165, 1.54) is 5.01 Å². The predicted molar refractivity (Wildman–Crippen MR) is 154 cm³/mol. The molecule has 1 aliphatic heterocycles. The lowest BCUT2D eigenvalue weighted by atomic mass is 10.00. The fourth-order valence-corrected chi connectivity index (χ4v) is 4.23. The zero-order valence-electron chi connectivity index (χ0n) is 23.7. The molecule has 40 heavy (non-hydrogen) atoms. The molecular weight excluding hydrogens is 583 g/mol. The summed E-state index contributed by atoms with van der Waals surface area (Å²) in [5, 5.41) is 6.73. The number of hydrazine groups is 1. The van der Waals surface area contributed by atoms with Crippen molar-refractivity contribution in [3.8, 4) is 0 Å². The molecule has 0 bridgehead atoms. The summed E-state index contributed by atoms with van der Waals surface area (Å²) in [5.41, 5.74) is 3.97. The third-order valence-corrected chi connectivity index (χ3v) is 6.20. The Hall–Kier alpha value is -2.27. The Kier molecular flexibility index (Phi) is 12.4. The number of halogens is 3. The molecule has 0 radical (unpaired) electrons. The summed E-state index contributed by atoms with van der Waals surface area (Å²) >= 11 is 17.0. The fraction of sp³-hybridized carbons (Fsp3) is 0.630. The number of carbonyl (C=O) groups excluding carboxylic acids is 4. The highest BCUT2D eigenvalue weighted by Crippen LogP contribution is 2.26. The quantitative estimate of drug-likeness (QED) is 0.281. The van der Waals surface area contributed by atoms with E-state index in [4.69, 9.17) is 44.3 Å². The summed E-state index contributed by atoms with van der Waals surface area (Å²) in [6.07, 6.45) is 0.361. The Labute approximate surface area is 250 Å². The third-order valence-electron chi connectivity index (χ3n) is 5.87. The van der Waals surface area contributed by atoms with E-state index in [-0.39, 0.29) is 12.3 Å². The van der Waals surface area contributed by atoms with Crippen LogP contribution in [0.5, 0.6) is 0 Å². The molecule has 3 atom stereocenters. The van der Waals surface area contributed by atoms with E-state index < -0.39 is 58.0 Å². The van der Waals surface area contributed by atoms with Gasteiger partial charge in [0, 0.05) is 13.0 Å². The van der Waals surface area contributed by atoms with Crippen molar-refractivity contribution in [3.05, 3.63) is 35.4 Å². The van der Waals surface area contributed by atoms with Crippen LogP contribution in [-0.4, -0.2) is 69.6 Å². The van der Waals surface area contributed by atoms with E-state index in [2.05, 4.69) is 16.1 Å². The zero-order valence-corrected chi connectivity index (χ0v) is 26.0. The molecule has 1 saturated heterocycles. The third kappa shape index (κ3) is 11.7. The van der Waals surface area contributed by atoms with Crippen LogP contribution in [0.4, 0.5) is 4.79 Å². The smallest absolute Gasteiger partial charge is 0.408 e. The van der Waals surface area contributed by atoms with Gasteiger partial charge in [-0.15, -0.1) is 0 Å². The second-order valence-electron chi connectivity index (χ2n) is 11.2. The molecule has 10 nitrogen and oxygen atoms in total. The predicted octanol–water partition coefficient (Wildman–Crippen LogP) is 3.98.